The number of nitrogens with zero attached hydrogens (tertiary/aromatic N) is 4. The van der Waals surface area contributed by atoms with Crippen molar-refractivity contribution in [2.24, 2.45) is 7.05 Å². The van der Waals surface area contributed by atoms with E-state index in [1.54, 1.807) is 41.5 Å². The zero-order valence-electron chi connectivity index (χ0n) is 13.2. The molecule has 4 aromatic rings. The number of aromatic nitrogens is 4. The second kappa shape index (κ2) is 6.81. The highest BCUT2D eigenvalue weighted by molar-refractivity contribution is 7.98. The molecule has 0 spiro atoms. The number of hydrogen-bond acceptors (Lipinski definition) is 6. The molecule has 126 valence electrons. The molecule has 0 saturated carbocycles. The fourth-order valence-corrected chi connectivity index (χ4v) is 4.03. The van der Waals surface area contributed by atoms with Gasteiger partial charge in [0.2, 0.25) is 0 Å². The van der Waals surface area contributed by atoms with E-state index in [1.165, 1.54) is 12.1 Å². The first-order chi connectivity index (χ1) is 12.2. The second-order valence-corrected chi connectivity index (χ2v) is 7.08. The second-order valence-electron chi connectivity index (χ2n) is 5.28. The van der Waals surface area contributed by atoms with E-state index >= 15 is 0 Å². The molecule has 3 heterocycles. The van der Waals surface area contributed by atoms with Crippen molar-refractivity contribution in [1.82, 2.24) is 19.7 Å². The molecule has 0 aliphatic rings. The molecule has 1 aromatic carbocycles. The molecule has 0 saturated heterocycles. The standard InChI is InChI=1S/C17H13FN4OS2/c1-22-15(14-3-2-8-23-14)20-21-17(22)25-10-13-9-24-16(19-13)11-4-6-12(18)7-5-11/h2-9H,10H2,1H3. The number of thioether (sulfide) groups is 1. The minimum Gasteiger partial charge on any atom is -0.461 e. The summed E-state index contributed by atoms with van der Waals surface area (Å²) in [7, 11) is 1.91. The average Bonchev–Trinajstić information content (AvgIpc) is 3.34. The molecule has 0 aliphatic carbocycles. The van der Waals surface area contributed by atoms with Crippen LogP contribution in [-0.4, -0.2) is 19.7 Å². The van der Waals surface area contributed by atoms with Gasteiger partial charge in [0.15, 0.2) is 16.7 Å². The predicted octanol–water partition coefficient (Wildman–Crippen LogP) is 4.63. The third kappa shape index (κ3) is 3.35. The number of rotatable bonds is 5. The van der Waals surface area contributed by atoms with Gasteiger partial charge in [-0.3, -0.25) is 0 Å². The quantitative estimate of drug-likeness (QED) is 0.478. The zero-order chi connectivity index (χ0) is 17.2. The molecule has 0 fully saturated rings. The summed E-state index contributed by atoms with van der Waals surface area (Å²) in [5.74, 6) is 1.82. The Morgan fingerprint density at radius 3 is 2.80 bits per heavy atom. The van der Waals surface area contributed by atoms with Gasteiger partial charge in [0.25, 0.3) is 0 Å². The van der Waals surface area contributed by atoms with Crippen LogP contribution in [0.15, 0.2) is 57.6 Å². The number of hydrogen-bond donors (Lipinski definition) is 0. The molecule has 0 amide bonds. The summed E-state index contributed by atoms with van der Waals surface area (Å²) < 4.78 is 20.3. The Balaban J connectivity index is 1.46. The summed E-state index contributed by atoms with van der Waals surface area (Å²) >= 11 is 3.11. The Morgan fingerprint density at radius 1 is 1.20 bits per heavy atom. The summed E-state index contributed by atoms with van der Waals surface area (Å²) in [4.78, 5) is 4.61. The van der Waals surface area contributed by atoms with Crippen LogP contribution in [-0.2, 0) is 12.8 Å². The lowest BCUT2D eigenvalue weighted by atomic mass is 10.2. The summed E-state index contributed by atoms with van der Waals surface area (Å²) in [5, 5.41) is 12.1. The molecule has 25 heavy (non-hydrogen) atoms. The Morgan fingerprint density at radius 2 is 2.04 bits per heavy atom. The highest BCUT2D eigenvalue weighted by Crippen LogP contribution is 2.28. The van der Waals surface area contributed by atoms with Gasteiger partial charge in [0.1, 0.15) is 10.8 Å². The van der Waals surface area contributed by atoms with Gasteiger partial charge in [0.05, 0.1) is 12.0 Å². The van der Waals surface area contributed by atoms with Gasteiger partial charge in [-0.25, -0.2) is 9.37 Å². The molecule has 0 unspecified atom stereocenters. The lowest BCUT2D eigenvalue weighted by molar-refractivity contribution is 0.572. The first-order valence-corrected chi connectivity index (χ1v) is 9.33. The van der Waals surface area contributed by atoms with Crippen molar-refractivity contribution in [3.63, 3.8) is 0 Å². The number of halogens is 1. The third-order valence-corrected chi connectivity index (χ3v) is 5.56. The molecule has 0 radical (unpaired) electrons. The Hall–Kier alpha value is -2.45. The van der Waals surface area contributed by atoms with Crippen LogP contribution in [0.5, 0.6) is 0 Å². The molecule has 3 aromatic heterocycles. The van der Waals surface area contributed by atoms with Crippen molar-refractivity contribution >= 4 is 23.1 Å². The van der Waals surface area contributed by atoms with Crippen LogP contribution in [0, 0.1) is 5.82 Å². The van der Waals surface area contributed by atoms with E-state index in [4.69, 9.17) is 4.42 Å². The Kier molecular flexibility index (Phi) is 4.37. The van der Waals surface area contributed by atoms with Crippen LogP contribution < -0.4 is 0 Å². The summed E-state index contributed by atoms with van der Waals surface area (Å²) in [6.07, 6.45) is 1.61. The van der Waals surface area contributed by atoms with Gasteiger partial charge in [-0.2, -0.15) is 0 Å². The van der Waals surface area contributed by atoms with Crippen LogP contribution in [0.1, 0.15) is 5.69 Å². The van der Waals surface area contributed by atoms with E-state index in [0.29, 0.717) is 17.3 Å². The molecular formula is C17H13FN4OS2. The highest BCUT2D eigenvalue weighted by Gasteiger charge is 2.14. The average molecular weight is 372 g/mol. The van der Waals surface area contributed by atoms with E-state index in [9.17, 15) is 4.39 Å². The van der Waals surface area contributed by atoms with Gasteiger partial charge < -0.3 is 8.98 Å². The molecule has 8 heteroatoms. The molecule has 0 atom stereocenters. The van der Waals surface area contributed by atoms with Crippen molar-refractivity contribution in [2.45, 2.75) is 10.9 Å². The van der Waals surface area contributed by atoms with Crippen LogP contribution >= 0.6 is 23.1 Å². The molecular weight excluding hydrogens is 359 g/mol. The van der Waals surface area contributed by atoms with E-state index in [1.807, 2.05) is 29.1 Å². The maximum Gasteiger partial charge on any atom is 0.200 e. The van der Waals surface area contributed by atoms with Crippen molar-refractivity contribution in [2.75, 3.05) is 0 Å². The smallest absolute Gasteiger partial charge is 0.200 e. The number of benzene rings is 1. The zero-order valence-corrected chi connectivity index (χ0v) is 14.9. The maximum absolute atomic E-state index is 13.0. The minimum absolute atomic E-state index is 0.245. The van der Waals surface area contributed by atoms with E-state index in [2.05, 4.69) is 15.2 Å². The normalized spacial score (nSPS) is 11.1. The van der Waals surface area contributed by atoms with Crippen LogP contribution in [0.25, 0.3) is 22.2 Å². The molecule has 0 bridgehead atoms. The Labute approximate surface area is 151 Å². The maximum atomic E-state index is 13.0. The first-order valence-electron chi connectivity index (χ1n) is 7.47. The summed E-state index contributed by atoms with van der Waals surface area (Å²) in [6, 6.07) is 10.0. The lowest BCUT2D eigenvalue weighted by Crippen LogP contribution is -1.94. The third-order valence-electron chi connectivity index (χ3n) is 3.57. The highest BCUT2D eigenvalue weighted by atomic mass is 32.2. The van der Waals surface area contributed by atoms with Crippen molar-refractivity contribution in [1.29, 1.82) is 0 Å². The van der Waals surface area contributed by atoms with E-state index < -0.39 is 0 Å². The van der Waals surface area contributed by atoms with E-state index in [-0.39, 0.29) is 5.82 Å². The fraction of sp³-hybridized carbons (Fsp3) is 0.118. The minimum atomic E-state index is -0.245. The van der Waals surface area contributed by atoms with Gasteiger partial charge in [-0.05, 0) is 36.4 Å². The SMILES string of the molecule is Cn1c(SCc2csc(-c3ccc(F)cc3)n2)nnc1-c1ccco1. The summed E-state index contributed by atoms with van der Waals surface area (Å²) in [6.45, 7) is 0. The first kappa shape index (κ1) is 16.0. The van der Waals surface area contributed by atoms with Gasteiger partial charge in [-0.1, -0.05) is 11.8 Å². The number of thiazole rings is 1. The Bertz CT molecular complexity index is 977. The van der Waals surface area contributed by atoms with E-state index in [0.717, 1.165) is 21.4 Å². The van der Waals surface area contributed by atoms with Crippen molar-refractivity contribution in [3.8, 4) is 22.2 Å². The molecule has 4 rings (SSSR count). The van der Waals surface area contributed by atoms with Crippen molar-refractivity contribution < 1.29 is 8.81 Å². The van der Waals surface area contributed by atoms with Gasteiger partial charge in [0, 0.05) is 23.7 Å². The van der Waals surface area contributed by atoms with Crippen LogP contribution in [0.3, 0.4) is 0 Å². The summed E-state index contributed by atoms with van der Waals surface area (Å²) in [5.41, 5.74) is 1.87. The monoisotopic (exact) mass is 372 g/mol. The van der Waals surface area contributed by atoms with Gasteiger partial charge in [-0.15, -0.1) is 21.5 Å². The van der Waals surface area contributed by atoms with Crippen LogP contribution in [0.4, 0.5) is 4.39 Å². The van der Waals surface area contributed by atoms with Crippen molar-refractivity contribution in [3.05, 3.63) is 59.6 Å². The van der Waals surface area contributed by atoms with Gasteiger partial charge >= 0.3 is 0 Å². The van der Waals surface area contributed by atoms with Crippen LogP contribution in [0.2, 0.25) is 0 Å². The topological polar surface area (TPSA) is 56.7 Å². The lowest BCUT2D eigenvalue weighted by Gasteiger charge is -2.01. The molecule has 0 N–H and O–H groups in total. The molecule has 0 aliphatic heterocycles. The predicted molar refractivity (Wildman–Crippen MR) is 95.8 cm³/mol. The largest absolute Gasteiger partial charge is 0.461 e. The fourth-order valence-electron chi connectivity index (χ4n) is 2.30. The molecule has 5 nitrogen and oxygen atoms in total. The number of furan rings is 1.